The average Bonchev–Trinajstić information content (AvgIpc) is 2.78. The Bertz CT molecular complexity index is 286. The molecule has 0 radical (unpaired) electrons. The molecule has 96 valence electrons. The highest BCUT2D eigenvalue weighted by molar-refractivity contribution is 7.09. The molecule has 1 atom stereocenters. The zero-order valence-electron chi connectivity index (χ0n) is 10.6. The lowest BCUT2D eigenvalue weighted by atomic mass is 9.85. The van der Waals surface area contributed by atoms with Gasteiger partial charge in [-0.05, 0) is 43.0 Å². The van der Waals surface area contributed by atoms with E-state index in [2.05, 4.69) is 17.5 Å². The molecule has 1 aromatic rings. The molecule has 2 heteroatoms. The van der Waals surface area contributed by atoms with E-state index in [1.165, 1.54) is 49.8 Å². The van der Waals surface area contributed by atoms with Crippen LogP contribution in [0.4, 0.5) is 0 Å². The summed E-state index contributed by atoms with van der Waals surface area (Å²) in [5, 5.41) is 12.4. The molecule has 17 heavy (non-hydrogen) atoms. The quantitative estimate of drug-likeness (QED) is 0.842. The first-order valence-corrected chi connectivity index (χ1v) is 7.94. The molecular weight excluding hydrogens is 228 g/mol. The minimum Gasteiger partial charge on any atom is -0.393 e. The Labute approximate surface area is 109 Å². The lowest BCUT2D eigenvalue weighted by Crippen LogP contribution is -2.22. The fourth-order valence-corrected chi connectivity index (χ4v) is 3.58. The molecule has 0 amide bonds. The molecule has 0 bridgehead atoms. The lowest BCUT2D eigenvalue weighted by molar-refractivity contribution is 0.0837. The maximum atomic E-state index is 10.3. The van der Waals surface area contributed by atoms with E-state index in [1.54, 1.807) is 0 Å². The fraction of sp³-hybridized carbons (Fsp3) is 0.733. The van der Waals surface area contributed by atoms with Gasteiger partial charge in [0.15, 0.2) is 0 Å². The molecule has 1 nitrogen and oxygen atoms in total. The summed E-state index contributed by atoms with van der Waals surface area (Å²) in [6.07, 6.45) is 11.2. The molecule has 1 N–H and O–H groups in total. The van der Waals surface area contributed by atoms with Gasteiger partial charge >= 0.3 is 0 Å². The van der Waals surface area contributed by atoms with Gasteiger partial charge in [-0.3, -0.25) is 0 Å². The summed E-state index contributed by atoms with van der Waals surface area (Å²) in [6.45, 7) is 0. The molecule has 0 spiro atoms. The zero-order chi connectivity index (χ0) is 11.9. The van der Waals surface area contributed by atoms with Crippen molar-refractivity contribution in [1.29, 1.82) is 0 Å². The van der Waals surface area contributed by atoms with Crippen LogP contribution in [0.2, 0.25) is 0 Å². The molecule has 2 rings (SSSR count). The molecule has 1 aromatic heterocycles. The van der Waals surface area contributed by atoms with E-state index >= 15 is 0 Å². The van der Waals surface area contributed by atoms with E-state index in [-0.39, 0.29) is 6.10 Å². The molecule has 1 heterocycles. The summed E-state index contributed by atoms with van der Waals surface area (Å²) >= 11 is 1.81. The van der Waals surface area contributed by atoms with Gasteiger partial charge in [0.05, 0.1) is 6.10 Å². The van der Waals surface area contributed by atoms with Gasteiger partial charge in [0.2, 0.25) is 0 Å². The predicted molar refractivity (Wildman–Crippen MR) is 74.5 cm³/mol. The molecule has 0 aromatic carbocycles. The highest BCUT2D eigenvalue weighted by Gasteiger charge is 2.19. The summed E-state index contributed by atoms with van der Waals surface area (Å²) in [4.78, 5) is 1.41. The zero-order valence-corrected chi connectivity index (χ0v) is 11.4. The Balaban J connectivity index is 1.75. The Kier molecular flexibility index (Phi) is 5.53. The Morgan fingerprint density at radius 2 is 1.88 bits per heavy atom. The molecule has 1 unspecified atom stereocenters. The standard InChI is InChI=1S/C15H24OS/c16-15(11-10-14-9-6-12-17-14)13-7-4-2-1-3-5-8-13/h6,9,12-13,15-16H,1-5,7-8,10-11H2. The van der Waals surface area contributed by atoms with E-state index in [1.807, 2.05) is 11.3 Å². The van der Waals surface area contributed by atoms with Gasteiger partial charge in [-0.25, -0.2) is 0 Å². The third-order valence-corrected chi connectivity index (χ3v) is 4.90. The summed E-state index contributed by atoms with van der Waals surface area (Å²) in [5.74, 6) is 0.565. The second kappa shape index (κ2) is 7.17. The van der Waals surface area contributed by atoms with Crippen molar-refractivity contribution in [2.45, 2.75) is 63.9 Å². The molecule has 0 aliphatic heterocycles. The van der Waals surface area contributed by atoms with Gasteiger partial charge in [-0.2, -0.15) is 0 Å². The Hall–Kier alpha value is -0.340. The van der Waals surface area contributed by atoms with Gasteiger partial charge in [0.25, 0.3) is 0 Å². The molecule has 1 aliphatic carbocycles. The van der Waals surface area contributed by atoms with E-state index in [0.29, 0.717) is 5.92 Å². The first-order chi connectivity index (χ1) is 8.36. The normalized spacial score (nSPS) is 20.8. The Morgan fingerprint density at radius 3 is 2.53 bits per heavy atom. The molecule has 1 saturated carbocycles. The lowest BCUT2D eigenvalue weighted by Gasteiger charge is -2.24. The third-order valence-electron chi connectivity index (χ3n) is 3.96. The number of hydrogen-bond acceptors (Lipinski definition) is 2. The topological polar surface area (TPSA) is 20.2 Å². The van der Waals surface area contributed by atoms with Crippen LogP contribution in [-0.2, 0) is 6.42 Å². The van der Waals surface area contributed by atoms with Crippen LogP contribution in [0, 0.1) is 5.92 Å². The van der Waals surface area contributed by atoms with Gasteiger partial charge in [0.1, 0.15) is 0 Å². The number of aliphatic hydroxyl groups excluding tert-OH is 1. The largest absolute Gasteiger partial charge is 0.393 e. The van der Waals surface area contributed by atoms with E-state index in [4.69, 9.17) is 0 Å². The maximum absolute atomic E-state index is 10.3. The summed E-state index contributed by atoms with van der Waals surface area (Å²) < 4.78 is 0. The highest BCUT2D eigenvalue weighted by atomic mass is 32.1. The van der Waals surface area contributed by atoms with Crippen LogP contribution >= 0.6 is 11.3 Å². The van der Waals surface area contributed by atoms with Crippen LogP contribution < -0.4 is 0 Å². The summed E-state index contributed by atoms with van der Waals surface area (Å²) in [6, 6.07) is 4.28. The first-order valence-electron chi connectivity index (χ1n) is 7.06. The molecular formula is C15H24OS. The van der Waals surface area contributed by atoms with Gasteiger partial charge in [-0.15, -0.1) is 11.3 Å². The minimum absolute atomic E-state index is 0.0739. The molecule has 0 saturated heterocycles. The van der Waals surface area contributed by atoms with Crippen molar-refractivity contribution in [3.05, 3.63) is 22.4 Å². The number of aryl methyl sites for hydroxylation is 1. The SMILES string of the molecule is OC(CCc1cccs1)C1CCCCCCC1. The van der Waals surface area contributed by atoms with E-state index < -0.39 is 0 Å². The van der Waals surface area contributed by atoms with Crippen LogP contribution in [0.3, 0.4) is 0 Å². The molecule has 1 fully saturated rings. The van der Waals surface area contributed by atoms with Crippen molar-refractivity contribution in [3.8, 4) is 0 Å². The van der Waals surface area contributed by atoms with Crippen molar-refractivity contribution >= 4 is 11.3 Å². The van der Waals surface area contributed by atoms with Crippen LogP contribution in [0.15, 0.2) is 17.5 Å². The van der Waals surface area contributed by atoms with Crippen LogP contribution in [0.1, 0.15) is 56.2 Å². The monoisotopic (exact) mass is 252 g/mol. The van der Waals surface area contributed by atoms with Gasteiger partial charge in [-0.1, -0.05) is 38.2 Å². The van der Waals surface area contributed by atoms with E-state index in [0.717, 1.165) is 12.8 Å². The first kappa shape index (κ1) is 13.1. The van der Waals surface area contributed by atoms with Gasteiger partial charge < -0.3 is 5.11 Å². The summed E-state index contributed by atoms with van der Waals surface area (Å²) in [5.41, 5.74) is 0. The van der Waals surface area contributed by atoms with Crippen molar-refractivity contribution in [2.24, 2.45) is 5.92 Å². The van der Waals surface area contributed by atoms with Crippen molar-refractivity contribution < 1.29 is 5.11 Å². The van der Waals surface area contributed by atoms with Gasteiger partial charge in [0, 0.05) is 4.88 Å². The fourth-order valence-electron chi connectivity index (χ4n) is 2.85. The number of thiophene rings is 1. The Morgan fingerprint density at radius 1 is 1.18 bits per heavy atom. The third kappa shape index (κ3) is 4.44. The summed E-state index contributed by atoms with van der Waals surface area (Å²) in [7, 11) is 0. The predicted octanol–water partition coefficient (Wildman–Crippen LogP) is 4.40. The highest BCUT2D eigenvalue weighted by Crippen LogP contribution is 2.27. The number of hydrogen-bond donors (Lipinski definition) is 1. The minimum atomic E-state index is -0.0739. The smallest absolute Gasteiger partial charge is 0.0571 e. The van der Waals surface area contributed by atoms with Crippen molar-refractivity contribution in [2.75, 3.05) is 0 Å². The van der Waals surface area contributed by atoms with Crippen LogP contribution in [0.5, 0.6) is 0 Å². The number of aliphatic hydroxyl groups is 1. The van der Waals surface area contributed by atoms with Crippen molar-refractivity contribution in [3.63, 3.8) is 0 Å². The van der Waals surface area contributed by atoms with E-state index in [9.17, 15) is 5.11 Å². The second-order valence-corrected chi connectivity index (χ2v) is 6.32. The second-order valence-electron chi connectivity index (χ2n) is 5.29. The van der Waals surface area contributed by atoms with Crippen molar-refractivity contribution in [1.82, 2.24) is 0 Å². The number of rotatable bonds is 4. The van der Waals surface area contributed by atoms with Crippen LogP contribution in [0.25, 0.3) is 0 Å². The average molecular weight is 252 g/mol. The maximum Gasteiger partial charge on any atom is 0.0571 e. The van der Waals surface area contributed by atoms with Crippen LogP contribution in [-0.4, -0.2) is 11.2 Å². The molecule has 1 aliphatic rings.